The first-order chi connectivity index (χ1) is 20.4. The number of hydrogen-bond donors (Lipinski definition) is 3. The third-order valence-corrected chi connectivity index (χ3v) is 7.44. The summed E-state index contributed by atoms with van der Waals surface area (Å²) in [7, 11) is 0. The van der Waals surface area contributed by atoms with Crippen LogP contribution in [0.25, 0.3) is 6.08 Å². The number of para-hydroxylation sites is 1. The molecule has 8 nitrogen and oxygen atoms in total. The SMILES string of the molecule is C=Cc1cccc(C(C(=O)Nc2ccccc2C)N(C(=O)C(Cc2ccc(O)cc2)NC(=O)OC(C)(C)C)C2CC2C)c1. The molecule has 226 valence electrons. The molecule has 0 heterocycles. The van der Waals surface area contributed by atoms with Gasteiger partial charge in [-0.3, -0.25) is 9.59 Å². The molecule has 4 rings (SSSR count). The topological polar surface area (TPSA) is 108 Å². The molecule has 3 amide bonds. The van der Waals surface area contributed by atoms with Gasteiger partial charge in [0.05, 0.1) is 0 Å². The van der Waals surface area contributed by atoms with Gasteiger partial charge >= 0.3 is 6.09 Å². The normalized spacial score (nSPS) is 17.2. The van der Waals surface area contributed by atoms with E-state index < -0.39 is 29.7 Å². The molecule has 4 unspecified atom stereocenters. The molecule has 0 saturated heterocycles. The molecule has 1 aliphatic carbocycles. The van der Waals surface area contributed by atoms with Crippen LogP contribution >= 0.6 is 0 Å². The number of nitrogens with one attached hydrogen (secondary N) is 2. The largest absolute Gasteiger partial charge is 0.508 e. The Bertz CT molecular complexity index is 1480. The third kappa shape index (κ3) is 8.25. The molecule has 0 aromatic heterocycles. The first-order valence-corrected chi connectivity index (χ1v) is 14.5. The van der Waals surface area contributed by atoms with Gasteiger partial charge in [-0.25, -0.2) is 4.79 Å². The quantitative estimate of drug-likeness (QED) is 0.256. The Morgan fingerprint density at radius 3 is 2.35 bits per heavy atom. The van der Waals surface area contributed by atoms with Crippen molar-refractivity contribution in [2.24, 2.45) is 5.92 Å². The number of aromatic hydroxyl groups is 1. The molecular formula is C35H41N3O5. The van der Waals surface area contributed by atoms with Crippen LogP contribution in [0.2, 0.25) is 0 Å². The second-order valence-corrected chi connectivity index (χ2v) is 12.2. The number of rotatable bonds is 10. The highest BCUT2D eigenvalue weighted by Gasteiger charge is 2.48. The molecule has 0 spiro atoms. The van der Waals surface area contributed by atoms with Crippen molar-refractivity contribution in [3.05, 3.63) is 102 Å². The number of carbonyl (C=O) groups is 3. The number of benzene rings is 3. The summed E-state index contributed by atoms with van der Waals surface area (Å²) in [5, 5.41) is 15.6. The van der Waals surface area contributed by atoms with E-state index in [0.717, 1.165) is 23.1 Å². The predicted molar refractivity (Wildman–Crippen MR) is 168 cm³/mol. The summed E-state index contributed by atoms with van der Waals surface area (Å²) in [6.07, 6.45) is 1.82. The third-order valence-electron chi connectivity index (χ3n) is 7.44. The lowest BCUT2D eigenvalue weighted by Crippen LogP contribution is -2.54. The van der Waals surface area contributed by atoms with Gasteiger partial charge in [0.2, 0.25) is 5.91 Å². The van der Waals surface area contributed by atoms with Crippen LogP contribution in [0.3, 0.4) is 0 Å². The first-order valence-electron chi connectivity index (χ1n) is 14.5. The monoisotopic (exact) mass is 583 g/mol. The number of hydrogen-bond acceptors (Lipinski definition) is 5. The summed E-state index contributed by atoms with van der Waals surface area (Å²) in [4.78, 5) is 43.5. The van der Waals surface area contributed by atoms with E-state index >= 15 is 0 Å². The zero-order valence-electron chi connectivity index (χ0n) is 25.5. The van der Waals surface area contributed by atoms with Crippen LogP contribution < -0.4 is 10.6 Å². The fraction of sp³-hybridized carbons (Fsp3) is 0.343. The van der Waals surface area contributed by atoms with Crippen LogP contribution in [-0.2, 0) is 20.7 Å². The summed E-state index contributed by atoms with van der Waals surface area (Å²) in [5.74, 6) is -0.503. The van der Waals surface area contributed by atoms with Gasteiger partial charge in [-0.1, -0.05) is 68.1 Å². The highest BCUT2D eigenvalue weighted by atomic mass is 16.6. The number of phenolic OH excluding ortho intramolecular Hbond substituents is 1. The van der Waals surface area contributed by atoms with E-state index in [0.29, 0.717) is 11.3 Å². The fourth-order valence-corrected chi connectivity index (χ4v) is 5.08. The van der Waals surface area contributed by atoms with E-state index in [9.17, 15) is 19.5 Å². The molecule has 1 aliphatic rings. The van der Waals surface area contributed by atoms with Gasteiger partial charge in [0, 0.05) is 18.2 Å². The zero-order valence-corrected chi connectivity index (χ0v) is 25.5. The zero-order chi connectivity index (χ0) is 31.3. The number of phenols is 1. The standard InChI is InChI=1S/C35H41N3O5/c1-7-24-12-10-13-26(20-24)31(32(40)36-28-14-9-8-11-22(28)2)38(30-19-23(30)3)33(41)29(37-34(42)43-35(4,5)6)21-25-15-17-27(39)18-16-25/h7-18,20,23,29-31,39H,1,19,21H2,2-6H3,(H,36,40)(H,37,42). The second kappa shape index (κ2) is 13.2. The lowest BCUT2D eigenvalue weighted by Gasteiger charge is -2.35. The van der Waals surface area contributed by atoms with Crippen molar-refractivity contribution in [2.75, 3.05) is 5.32 Å². The Morgan fingerprint density at radius 2 is 1.74 bits per heavy atom. The number of amides is 3. The molecule has 3 aromatic rings. The molecule has 43 heavy (non-hydrogen) atoms. The Labute approximate surface area is 253 Å². The van der Waals surface area contributed by atoms with Crippen LogP contribution in [0.5, 0.6) is 5.75 Å². The number of aryl methyl sites for hydroxylation is 1. The minimum Gasteiger partial charge on any atom is -0.508 e. The smallest absolute Gasteiger partial charge is 0.408 e. The average molecular weight is 584 g/mol. The van der Waals surface area contributed by atoms with Crippen molar-refractivity contribution >= 4 is 29.7 Å². The maximum absolute atomic E-state index is 14.6. The summed E-state index contributed by atoms with van der Waals surface area (Å²) in [6, 6.07) is 19.1. The van der Waals surface area contributed by atoms with Gasteiger partial charge in [0.1, 0.15) is 23.4 Å². The summed E-state index contributed by atoms with van der Waals surface area (Å²) < 4.78 is 5.52. The van der Waals surface area contributed by atoms with Crippen molar-refractivity contribution in [1.29, 1.82) is 0 Å². The minimum absolute atomic E-state index is 0.0928. The van der Waals surface area contributed by atoms with Gasteiger partial charge in [-0.2, -0.15) is 0 Å². The molecule has 0 aliphatic heterocycles. The van der Waals surface area contributed by atoms with Gasteiger partial charge in [0.25, 0.3) is 5.91 Å². The minimum atomic E-state index is -1.04. The number of nitrogens with zero attached hydrogens (tertiary/aromatic N) is 1. The average Bonchev–Trinajstić information content (AvgIpc) is 3.67. The number of anilines is 1. The molecular weight excluding hydrogens is 542 g/mol. The van der Waals surface area contributed by atoms with Gasteiger partial charge in [0.15, 0.2) is 0 Å². The maximum atomic E-state index is 14.6. The van der Waals surface area contributed by atoms with E-state index in [1.807, 2.05) is 62.4 Å². The van der Waals surface area contributed by atoms with Crippen LogP contribution in [0.4, 0.5) is 10.5 Å². The van der Waals surface area contributed by atoms with Crippen molar-refractivity contribution in [1.82, 2.24) is 10.2 Å². The van der Waals surface area contributed by atoms with Crippen LogP contribution in [-0.4, -0.2) is 45.6 Å². The number of carbonyl (C=O) groups excluding carboxylic acids is 3. The van der Waals surface area contributed by atoms with Crippen molar-refractivity contribution < 1.29 is 24.2 Å². The van der Waals surface area contributed by atoms with E-state index in [1.165, 1.54) is 12.1 Å². The Balaban J connectivity index is 1.77. The number of ether oxygens (including phenoxy) is 1. The Kier molecular flexibility index (Phi) is 9.59. The molecule has 3 N–H and O–H groups in total. The van der Waals surface area contributed by atoms with E-state index in [1.54, 1.807) is 43.9 Å². The molecule has 4 atom stereocenters. The predicted octanol–water partition coefficient (Wildman–Crippen LogP) is 6.40. The molecule has 0 radical (unpaired) electrons. The molecule has 3 aromatic carbocycles. The van der Waals surface area contributed by atoms with Crippen molar-refractivity contribution in [3.8, 4) is 5.75 Å². The Morgan fingerprint density at radius 1 is 1.07 bits per heavy atom. The summed E-state index contributed by atoms with van der Waals surface area (Å²) >= 11 is 0. The van der Waals surface area contributed by atoms with E-state index in [2.05, 4.69) is 17.2 Å². The van der Waals surface area contributed by atoms with E-state index in [4.69, 9.17) is 4.74 Å². The van der Waals surface area contributed by atoms with Crippen LogP contribution in [0.1, 0.15) is 62.4 Å². The summed E-state index contributed by atoms with van der Waals surface area (Å²) in [5.41, 5.74) is 2.95. The van der Waals surface area contributed by atoms with Crippen molar-refractivity contribution in [2.45, 2.75) is 71.2 Å². The molecule has 1 saturated carbocycles. The molecule has 0 bridgehead atoms. The molecule has 1 fully saturated rings. The Hall–Kier alpha value is -4.59. The summed E-state index contributed by atoms with van der Waals surface area (Å²) in [6.45, 7) is 13.1. The maximum Gasteiger partial charge on any atom is 0.408 e. The van der Waals surface area contributed by atoms with Crippen molar-refractivity contribution in [3.63, 3.8) is 0 Å². The fourth-order valence-electron chi connectivity index (χ4n) is 5.08. The molecule has 8 heteroatoms. The van der Waals surface area contributed by atoms with Gasteiger partial charge in [-0.05, 0) is 86.6 Å². The highest BCUT2D eigenvalue weighted by Crippen LogP contribution is 2.41. The van der Waals surface area contributed by atoms with Gasteiger partial charge < -0.3 is 25.4 Å². The van der Waals surface area contributed by atoms with Gasteiger partial charge in [-0.15, -0.1) is 0 Å². The van der Waals surface area contributed by atoms with Crippen LogP contribution in [0, 0.1) is 12.8 Å². The number of alkyl carbamates (subject to hydrolysis) is 1. The van der Waals surface area contributed by atoms with Crippen LogP contribution in [0.15, 0.2) is 79.4 Å². The lowest BCUT2D eigenvalue weighted by atomic mass is 9.98. The highest BCUT2D eigenvalue weighted by molar-refractivity contribution is 5.99. The first kappa shape index (κ1) is 31.3. The lowest BCUT2D eigenvalue weighted by molar-refractivity contribution is -0.141. The van der Waals surface area contributed by atoms with E-state index in [-0.39, 0.29) is 30.0 Å². The second-order valence-electron chi connectivity index (χ2n) is 12.2.